The van der Waals surface area contributed by atoms with Gasteiger partial charge in [-0.2, -0.15) is 0 Å². The van der Waals surface area contributed by atoms with Gasteiger partial charge in [0.2, 0.25) is 0 Å². The molecule has 160 valence electrons. The summed E-state index contributed by atoms with van der Waals surface area (Å²) in [6.07, 6.45) is 9.87. The first-order valence-corrected chi connectivity index (χ1v) is 11.3. The molecule has 0 spiro atoms. The van der Waals surface area contributed by atoms with Crippen LogP contribution in [0.25, 0.3) is 0 Å². The van der Waals surface area contributed by atoms with Crippen molar-refractivity contribution in [2.75, 3.05) is 26.2 Å². The number of nitrogens with one attached hydrogen (secondary N) is 1. The Morgan fingerprint density at radius 2 is 1.72 bits per heavy atom. The van der Waals surface area contributed by atoms with E-state index in [9.17, 15) is 0 Å². The second-order valence-electron chi connectivity index (χ2n) is 8.81. The van der Waals surface area contributed by atoms with Crippen molar-refractivity contribution >= 4 is 12.4 Å². The van der Waals surface area contributed by atoms with Gasteiger partial charge in [-0.3, -0.25) is 4.90 Å². The Morgan fingerprint density at radius 1 is 1.03 bits per heavy atom. The highest BCUT2D eigenvalue weighted by molar-refractivity contribution is 5.85. The first-order valence-electron chi connectivity index (χ1n) is 11.3. The average molecular weight is 417 g/mol. The second kappa shape index (κ2) is 10.1. The van der Waals surface area contributed by atoms with E-state index in [4.69, 9.17) is 4.42 Å². The summed E-state index contributed by atoms with van der Waals surface area (Å²) < 4.78 is 5.95. The second-order valence-corrected chi connectivity index (χ2v) is 8.81. The maximum Gasteiger partial charge on any atom is 0.125 e. The van der Waals surface area contributed by atoms with E-state index in [0.717, 1.165) is 31.9 Å². The van der Waals surface area contributed by atoms with E-state index < -0.39 is 0 Å². The topological polar surface area (TPSA) is 28.4 Å². The van der Waals surface area contributed by atoms with E-state index in [1.807, 2.05) is 12.3 Å². The zero-order valence-electron chi connectivity index (χ0n) is 18.0. The number of hydrogen-bond acceptors (Lipinski definition) is 3. The number of benzene rings is 1. The molecule has 2 heterocycles. The molecular weight excluding hydrogens is 380 g/mol. The molecule has 1 saturated carbocycles. The zero-order chi connectivity index (χ0) is 19.4. The Kier molecular flexibility index (Phi) is 7.84. The molecule has 1 aliphatic heterocycles. The predicted octanol–water partition coefficient (Wildman–Crippen LogP) is 6.16. The van der Waals surface area contributed by atoms with Gasteiger partial charge in [0.15, 0.2) is 0 Å². The van der Waals surface area contributed by atoms with Crippen molar-refractivity contribution in [1.29, 1.82) is 0 Å². The Hall–Kier alpha value is -1.29. The quantitative estimate of drug-likeness (QED) is 0.611. The molecule has 0 radical (unpaired) electrons. The number of nitrogens with zero attached hydrogens (tertiary/aromatic N) is 1. The number of piperazine rings is 1. The standard InChI is InChI=1S/C25H36N2O.ClH/c1-3-25(4-2)13-11-20(12-14-25)21-8-5-6-9-22(21)24(23-10-7-19-28-23)27-17-15-26-16-18-27;/h5-10,19-20,24,26H,3-4,11-18H2,1-2H3;1H. The first-order chi connectivity index (χ1) is 13.8. The number of rotatable bonds is 6. The maximum absolute atomic E-state index is 5.95. The molecule has 1 aliphatic carbocycles. The molecule has 4 rings (SSSR count). The predicted molar refractivity (Wildman–Crippen MR) is 123 cm³/mol. The summed E-state index contributed by atoms with van der Waals surface area (Å²) in [6, 6.07) is 13.6. The van der Waals surface area contributed by atoms with Gasteiger partial charge in [0, 0.05) is 26.2 Å². The fourth-order valence-corrected chi connectivity index (χ4v) is 5.55. The molecule has 2 fully saturated rings. The van der Waals surface area contributed by atoms with Gasteiger partial charge in [-0.1, -0.05) is 51.0 Å². The van der Waals surface area contributed by atoms with Crippen molar-refractivity contribution in [3.05, 3.63) is 59.5 Å². The third-order valence-electron chi connectivity index (χ3n) is 7.61. The molecule has 1 N–H and O–H groups in total. The first kappa shape index (κ1) is 22.4. The van der Waals surface area contributed by atoms with Gasteiger partial charge in [0.05, 0.1) is 12.3 Å². The minimum Gasteiger partial charge on any atom is -0.467 e. The van der Waals surface area contributed by atoms with Crippen molar-refractivity contribution in [2.45, 2.75) is 64.3 Å². The van der Waals surface area contributed by atoms with Gasteiger partial charge in [-0.15, -0.1) is 12.4 Å². The molecule has 1 unspecified atom stereocenters. The van der Waals surface area contributed by atoms with Crippen molar-refractivity contribution in [3.8, 4) is 0 Å². The van der Waals surface area contributed by atoms with Crippen molar-refractivity contribution < 1.29 is 4.42 Å². The van der Waals surface area contributed by atoms with Crippen LogP contribution in [0.5, 0.6) is 0 Å². The van der Waals surface area contributed by atoms with Gasteiger partial charge in [-0.05, 0) is 60.3 Å². The Labute approximate surface area is 182 Å². The van der Waals surface area contributed by atoms with E-state index in [1.165, 1.54) is 44.1 Å². The van der Waals surface area contributed by atoms with Crippen LogP contribution in [0.1, 0.15) is 81.2 Å². The van der Waals surface area contributed by atoms with E-state index in [0.29, 0.717) is 11.3 Å². The van der Waals surface area contributed by atoms with Crippen LogP contribution < -0.4 is 5.32 Å². The monoisotopic (exact) mass is 416 g/mol. The summed E-state index contributed by atoms with van der Waals surface area (Å²) >= 11 is 0. The van der Waals surface area contributed by atoms with E-state index in [2.05, 4.69) is 54.4 Å². The van der Waals surface area contributed by atoms with Crippen LogP contribution in [-0.4, -0.2) is 31.1 Å². The number of halogens is 1. The summed E-state index contributed by atoms with van der Waals surface area (Å²) in [6.45, 7) is 9.01. The van der Waals surface area contributed by atoms with Crippen LogP contribution in [0.3, 0.4) is 0 Å². The highest BCUT2D eigenvalue weighted by atomic mass is 35.5. The minimum absolute atomic E-state index is 0. The molecule has 29 heavy (non-hydrogen) atoms. The van der Waals surface area contributed by atoms with Crippen LogP contribution in [0.4, 0.5) is 0 Å². The molecule has 4 heteroatoms. The normalized spacial score (nSPS) is 21.4. The largest absolute Gasteiger partial charge is 0.467 e. The lowest BCUT2D eigenvalue weighted by Crippen LogP contribution is -2.45. The van der Waals surface area contributed by atoms with Gasteiger partial charge in [-0.25, -0.2) is 0 Å². The van der Waals surface area contributed by atoms with Crippen LogP contribution in [0, 0.1) is 5.41 Å². The molecule has 2 aromatic rings. The highest BCUT2D eigenvalue weighted by Crippen LogP contribution is 2.48. The fraction of sp³-hybridized carbons (Fsp3) is 0.600. The molecule has 1 atom stereocenters. The van der Waals surface area contributed by atoms with E-state index in [-0.39, 0.29) is 18.4 Å². The van der Waals surface area contributed by atoms with Crippen molar-refractivity contribution in [3.63, 3.8) is 0 Å². The number of hydrogen-bond donors (Lipinski definition) is 1. The molecule has 3 nitrogen and oxygen atoms in total. The molecule has 0 bridgehead atoms. The smallest absolute Gasteiger partial charge is 0.125 e. The van der Waals surface area contributed by atoms with Crippen molar-refractivity contribution in [2.24, 2.45) is 5.41 Å². The van der Waals surface area contributed by atoms with Crippen LogP contribution in [-0.2, 0) is 0 Å². The summed E-state index contributed by atoms with van der Waals surface area (Å²) in [7, 11) is 0. The molecule has 1 aromatic heterocycles. The summed E-state index contributed by atoms with van der Waals surface area (Å²) in [5.74, 6) is 1.77. The lowest BCUT2D eigenvalue weighted by molar-refractivity contribution is 0.156. The maximum atomic E-state index is 5.95. The van der Waals surface area contributed by atoms with Crippen LogP contribution in [0.15, 0.2) is 47.1 Å². The van der Waals surface area contributed by atoms with Gasteiger partial charge in [0.1, 0.15) is 5.76 Å². The van der Waals surface area contributed by atoms with Crippen LogP contribution in [0.2, 0.25) is 0 Å². The van der Waals surface area contributed by atoms with E-state index in [1.54, 1.807) is 5.56 Å². The Balaban J connectivity index is 0.00000240. The van der Waals surface area contributed by atoms with E-state index >= 15 is 0 Å². The Bertz CT molecular complexity index is 725. The Morgan fingerprint density at radius 3 is 2.34 bits per heavy atom. The molecule has 2 aliphatic rings. The van der Waals surface area contributed by atoms with Crippen molar-refractivity contribution in [1.82, 2.24) is 10.2 Å². The minimum atomic E-state index is 0. The third kappa shape index (κ3) is 4.73. The molecule has 1 saturated heterocycles. The SMILES string of the molecule is CCC1(CC)CCC(c2ccccc2C(c2ccco2)N2CCNCC2)CC1.Cl. The zero-order valence-corrected chi connectivity index (χ0v) is 18.8. The fourth-order valence-electron chi connectivity index (χ4n) is 5.55. The van der Waals surface area contributed by atoms with Gasteiger partial charge < -0.3 is 9.73 Å². The highest BCUT2D eigenvalue weighted by Gasteiger charge is 2.35. The average Bonchev–Trinajstić information content (AvgIpc) is 3.30. The van der Waals surface area contributed by atoms with Gasteiger partial charge in [0.25, 0.3) is 0 Å². The summed E-state index contributed by atoms with van der Waals surface area (Å²) in [5.41, 5.74) is 3.61. The lowest BCUT2D eigenvalue weighted by atomic mass is 9.65. The lowest BCUT2D eigenvalue weighted by Gasteiger charge is -2.41. The number of furan rings is 1. The molecular formula is C25H37ClN2O. The van der Waals surface area contributed by atoms with Gasteiger partial charge >= 0.3 is 0 Å². The summed E-state index contributed by atoms with van der Waals surface area (Å²) in [4.78, 5) is 2.60. The van der Waals surface area contributed by atoms with Crippen LogP contribution >= 0.6 is 12.4 Å². The molecule has 1 aromatic carbocycles. The molecule has 0 amide bonds. The summed E-state index contributed by atoms with van der Waals surface area (Å²) in [5, 5.41) is 3.49. The third-order valence-corrected chi connectivity index (χ3v) is 7.61.